The van der Waals surface area contributed by atoms with Gasteiger partial charge in [0.1, 0.15) is 0 Å². The average molecular weight is 296 g/mol. The topological polar surface area (TPSA) is 58.2 Å². The first-order valence-corrected chi connectivity index (χ1v) is 8.86. The summed E-state index contributed by atoms with van der Waals surface area (Å²) < 4.78 is 28.0. The van der Waals surface area contributed by atoms with Crippen LogP contribution in [-0.4, -0.2) is 21.5 Å². The van der Waals surface area contributed by atoms with Crippen LogP contribution < -0.4 is 10.0 Å². The molecule has 0 aliphatic heterocycles. The molecule has 0 heterocycles. The first kappa shape index (κ1) is 15.5. The molecule has 1 aliphatic carbocycles. The number of rotatable bonds is 5. The fourth-order valence-electron chi connectivity index (χ4n) is 2.78. The molecule has 2 N–H and O–H groups in total. The lowest BCUT2D eigenvalue weighted by Crippen LogP contribution is -2.35. The van der Waals surface area contributed by atoms with E-state index in [2.05, 4.69) is 10.0 Å². The van der Waals surface area contributed by atoms with E-state index in [0.29, 0.717) is 11.4 Å². The second kappa shape index (κ2) is 7.20. The van der Waals surface area contributed by atoms with Gasteiger partial charge in [-0.2, -0.15) is 0 Å². The molecule has 20 heavy (non-hydrogen) atoms. The van der Waals surface area contributed by atoms with Crippen molar-refractivity contribution in [1.29, 1.82) is 0 Å². The van der Waals surface area contributed by atoms with Crippen LogP contribution in [-0.2, 0) is 16.6 Å². The van der Waals surface area contributed by atoms with Crippen LogP contribution in [0.25, 0.3) is 0 Å². The minimum absolute atomic E-state index is 0.0881. The van der Waals surface area contributed by atoms with Crippen molar-refractivity contribution in [1.82, 2.24) is 10.0 Å². The predicted octanol–water partition coefficient (Wildman–Crippen LogP) is 2.41. The molecule has 1 saturated carbocycles. The van der Waals surface area contributed by atoms with Gasteiger partial charge in [0.05, 0.1) is 4.90 Å². The Kier molecular flexibility index (Phi) is 5.57. The van der Waals surface area contributed by atoms with Crippen LogP contribution in [0.2, 0.25) is 0 Å². The smallest absolute Gasteiger partial charge is 0.241 e. The molecule has 0 radical (unpaired) electrons. The van der Waals surface area contributed by atoms with E-state index in [-0.39, 0.29) is 6.04 Å². The van der Waals surface area contributed by atoms with Gasteiger partial charge in [0.2, 0.25) is 10.0 Å². The highest BCUT2D eigenvalue weighted by Crippen LogP contribution is 2.21. The first-order valence-electron chi connectivity index (χ1n) is 7.38. The Balaban J connectivity index is 2.17. The van der Waals surface area contributed by atoms with Crippen molar-refractivity contribution in [3.8, 4) is 0 Å². The van der Waals surface area contributed by atoms with E-state index in [1.54, 1.807) is 12.1 Å². The fourth-order valence-corrected chi connectivity index (χ4v) is 4.33. The molecule has 1 aromatic rings. The van der Waals surface area contributed by atoms with Gasteiger partial charge in [0, 0.05) is 12.6 Å². The van der Waals surface area contributed by atoms with Gasteiger partial charge < -0.3 is 5.32 Å². The molecule has 1 aromatic carbocycles. The molecule has 1 aliphatic rings. The molecular weight excluding hydrogens is 272 g/mol. The summed E-state index contributed by atoms with van der Waals surface area (Å²) in [5.41, 5.74) is 0.816. The average Bonchev–Trinajstić information content (AvgIpc) is 2.68. The molecule has 0 aromatic heterocycles. The van der Waals surface area contributed by atoms with Crippen LogP contribution in [0.4, 0.5) is 0 Å². The summed E-state index contributed by atoms with van der Waals surface area (Å²) in [4.78, 5) is 0.401. The van der Waals surface area contributed by atoms with Gasteiger partial charge in [-0.3, -0.25) is 0 Å². The third-order valence-electron chi connectivity index (χ3n) is 3.81. The van der Waals surface area contributed by atoms with Crippen LogP contribution in [0.15, 0.2) is 29.2 Å². The van der Waals surface area contributed by atoms with E-state index in [1.165, 1.54) is 12.8 Å². The van der Waals surface area contributed by atoms with Crippen molar-refractivity contribution in [2.75, 3.05) is 7.05 Å². The van der Waals surface area contributed by atoms with E-state index in [1.807, 2.05) is 19.2 Å². The third kappa shape index (κ3) is 4.04. The maximum Gasteiger partial charge on any atom is 0.241 e. The molecule has 0 bridgehead atoms. The van der Waals surface area contributed by atoms with Crippen molar-refractivity contribution < 1.29 is 8.42 Å². The van der Waals surface area contributed by atoms with Crippen molar-refractivity contribution in [2.45, 2.75) is 56.0 Å². The van der Waals surface area contributed by atoms with Crippen LogP contribution >= 0.6 is 0 Å². The van der Waals surface area contributed by atoms with Crippen molar-refractivity contribution >= 4 is 10.0 Å². The number of hydrogen-bond donors (Lipinski definition) is 2. The van der Waals surface area contributed by atoms with Gasteiger partial charge in [-0.25, -0.2) is 13.1 Å². The Labute approximate surface area is 122 Å². The Morgan fingerprint density at radius 3 is 2.40 bits per heavy atom. The minimum Gasteiger partial charge on any atom is -0.316 e. The Morgan fingerprint density at radius 1 is 1.10 bits per heavy atom. The summed E-state index contributed by atoms with van der Waals surface area (Å²) in [6.45, 7) is 0.557. The monoisotopic (exact) mass is 296 g/mol. The highest BCUT2D eigenvalue weighted by molar-refractivity contribution is 7.89. The Hall–Kier alpha value is -0.910. The molecule has 0 amide bonds. The minimum atomic E-state index is -3.42. The maximum absolute atomic E-state index is 12.6. The molecule has 0 unspecified atom stereocenters. The Bertz CT molecular complexity index is 520. The molecule has 5 heteroatoms. The molecular formula is C15H24N2O2S. The maximum atomic E-state index is 12.6. The molecule has 0 saturated heterocycles. The summed E-state index contributed by atoms with van der Waals surface area (Å²) in [7, 11) is -1.60. The van der Waals surface area contributed by atoms with Crippen LogP contribution in [0, 0.1) is 0 Å². The van der Waals surface area contributed by atoms with Crippen LogP contribution in [0.5, 0.6) is 0 Å². The summed E-state index contributed by atoms with van der Waals surface area (Å²) in [6.07, 6.45) is 6.57. The van der Waals surface area contributed by atoms with Crippen molar-refractivity contribution in [2.24, 2.45) is 0 Å². The molecule has 0 spiro atoms. The summed E-state index contributed by atoms with van der Waals surface area (Å²) in [6, 6.07) is 7.28. The lowest BCUT2D eigenvalue weighted by Gasteiger charge is -2.18. The van der Waals surface area contributed by atoms with E-state index < -0.39 is 10.0 Å². The van der Waals surface area contributed by atoms with Gasteiger partial charge in [-0.05, 0) is 31.5 Å². The largest absolute Gasteiger partial charge is 0.316 e. The zero-order valence-corrected chi connectivity index (χ0v) is 12.9. The zero-order valence-electron chi connectivity index (χ0n) is 12.1. The van der Waals surface area contributed by atoms with E-state index in [9.17, 15) is 8.42 Å². The van der Waals surface area contributed by atoms with Gasteiger partial charge in [0.15, 0.2) is 0 Å². The second-order valence-electron chi connectivity index (χ2n) is 5.45. The third-order valence-corrected chi connectivity index (χ3v) is 5.43. The Morgan fingerprint density at radius 2 is 1.75 bits per heavy atom. The predicted molar refractivity (Wildman–Crippen MR) is 81.0 cm³/mol. The van der Waals surface area contributed by atoms with E-state index >= 15 is 0 Å². The van der Waals surface area contributed by atoms with Crippen molar-refractivity contribution in [3.63, 3.8) is 0 Å². The highest BCUT2D eigenvalue weighted by atomic mass is 32.2. The molecule has 1 fully saturated rings. The highest BCUT2D eigenvalue weighted by Gasteiger charge is 2.22. The zero-order chi connectivity index (χ0) is 14.4. The van der Waals surface area contributed by atoms with Crippen LogP contribution in [0.3, 0.4) is 0 Å². The van der Waals surface area contributed by atoms with Crippen LogP contribution in [0.1, 0.15) is 44.1 Å². The van der Waals surface area contributed by atoms with Crippen molar-refractivity contribution in [3.05, 3.63) is 29.8 Å². The number of sulfonamides is 1. The summed E-state index contributed by atoms with van der Waals surface area (Å²) >= 11 is 0. The molecule has 0 atom stereocenters. The quantitative estimate of drug-likeness (QED) is 0.820. The van der Waals surface area contributed by atoms with E-state index in [4.69, 9.17) is 0 Å². The number of hydrogen-bond acceptors (Lipinski definition) is 3. The summed E-state index contributed by atoms with van der Waals surface area (Å²) in [5.74, 6) is 0. The normalized spacial score (nSPS) is 17.9. The van der Waals surface area contributed by atoms with Gasteiger partial charge >= 0.3 is 0 Å². The molecule has 4 nitrogen and oxygen atoms in total. The molecule has 112 valence electrons. The lowest BCUT2D eigenvalue weighted by atomic mass is 10.1. The van der Waals surface area contributed by atoms with Gasteiger partial charge in [-0.1, -0.05) is 43.9 Å². The lowest BCUT2D eigenvalue weighted by molar-refractivity contribution is 0.509. The number of nitrogens with one attached hydrogen (secondary N) is 2. The molecule has 2 rings (SSSR count). The van der Waals surface area contributed by atoms with Gasteiger partial charge in [0.25, 0.3) is 0 Å². The SMILES string of the molecule is CNCc1ccccc1S(=O)(=O)NC1CCCCCC1. The fraction of sp³-hybridized carbons (Fsp3) is 0.600. The van der Waals surface area contributed by atoms with Gasteiger partial charge in [-0.15, -0.1) is 0 Å². The van der Waals surface area contributed by atoms with E-state index in [0.717, 1.165) is 31.2 Å². The second-order valence-corrected chi connectivity index (χ2v) is 7.13. The first-order chi connectivity index (χ1) is 9.63. The standard InChI is InChI=1S/C15H24N2O2S/c1-16-12-13-8-6-7-11-15(13)20(18,19)17-14-9-4-2-3-5-10-14/h6-8,11,14,16-17H,2-5,9-10,12H2,1H3. The summed E-state index contributed by atoms with van der Waals surface area (Å²) in [5, 5.41) is 3.02. The number of benzene rings is 1.